The highest BCUT2D eigenvalue weighted by molar-refractivity contribution is 5.95. The molecule has 5 rings (SSSR count). The standard InChI is InChI=1S/C16H11FO/c17-9-5-6-12-13(7-9)14-8-15(18)16(12)11-4-2-1-3-10(11)14/h1-7,14,16H,8H2. The lowest BCUT2D eigenvalue weighted by Crippen LogP contribution is -2.32. The first-order chi connectivity index (χ1) is 8.75. The van der Waals surface area contributed by atoms with Crippen LogP contribution in [-0.4, -0.2) is 5.78 Å². The summed E-state index contributed by atoms with van der Waals surface area (Å²) in [5.74, 6) is -0.0877. The largest absolute Gasteiger partial charge is 0.299 e. The maximum Gasteiger partial charge on any atom is 0.145 e. The molecule has 0 N–H and O–H groups in total. The number of benzene rings is 2. The van der Waals surface area contributed by atoms with Crippen molar-refractivity contribution in [1.82, 2.24) is 0 Å². The van der Waals surface area contributed by atoms with E-state index in [1.807, 2.05) is 18.2 Å². The number of Topliss-reactive ketones (excluding diaryl/α,β-unsaturated/α-hetero) is 1. The molecule has 0 aromatic heterocycles. The summed E-state index contributed by atoms with van der Waals surface area (Å²) in [5.41, 5.74) is 4.30. The fraction of sp³-hybridized carbons (Fsp3) is 0.188. The van der Waals surface area contributed by atoms with Crippen molar-refractivity contribution in [3.05, 3.63) is 70.5 Å². The Balaban J connectivity index is 2.05. The van der Waals surface area contributed by atoms with Gasteiger partial charge in [0.1, 0.15) is 11.6 Å². The highest BCUT2D eigenvalue weighted by atomic mass is 19.1. The van der Waals surface area contributed by atoms with Crippen LogP contribution in [0.3, 0.4) is 0 Å². The zero-order chi connectivity index (χ0) is 12.3. The van der Waals surface area contributed by atoms with Gasteiger partial charge >= 0.3 is 0 Å². The van der Waals surface area contributed by atoms with Gasteiger partial charge in [-0.3, -0.25) is 4.79 Å². The Bertz CT molecular complexity index is 675. The van der Waals surface area contributed by atoms with Crippen molar-refractivity contribution in [2.24, 2.45) is 0 Å². The summed E-state index contributed by atoms with van der Waals surface area (Å²) in [4.78, 5) is 12.2. The molecular formula is C16H11FO. The van der Waals surface area contributed by atoms with Crippen molar-refractivity contribution in [3.8, 4) is 0 Å². The molecule has 0 spiro atoms. The molecule has 2 unspecified atom stereocenters. The van der Waals surface area contributed by atoms with Crippen LogP contribution in [0.4, 0.5) is 4.39 Å². The molecular weight excluding hydrogens is 227 g/mol. The van der Waals surface area contributed by atoms with Crippen molar-refractivity contribution < 1.29 is 9.18 Å². The monoisotopic (exact) mass is 238 g/mol. The predicted molar refractivity (Wildman–Crippen MR) is 66.2 cm³/mol. The number of hydrogen-bond acceptors (Lipinski definition) is 1. The van der Waals surface area contributed by atoms with E-state index in [1.54, 1.807) is 12.1 Å². The topological polar surface area (TPSA) is 17.1 Å². The molecule has 18 heavy (non-hydrogen) atoms. The van der Waals surface area contributed by atoms with Crippen molar-refractivity contribution in [1.29, 1.82) is 0 Å². The third-order valence-corrected chi connectivity index (χ3v) is 4.14. The second kappa shape index (κ2) is 3.29. The number of fused-ring (bicyclic) bond motifs is 1. The first-order valence-electron chi connectivity index (χ1n) is 6.16. The number of carbonyl (C=O) groups is 1. The van der Waals surface area contributed by atoms with Crippen LogP contribution in [0.25, 0.3) is 0 Å². The summed E-state index contributed by atoms with van der Waals surface area (Å²) in [6.45, 7) is 0. The van der Waals surface area contributed by atoms with Gasteiger partial charge in [-0.25, -0.2) is 4.39 Å². The number of hydrogen-bond donors (Lipinski definition) is 0. The van der Waals surface area contributed by atoms with E-state index in [0.717, 1.165) is 16.7 Å². The van der Waals surface area contributed by atoms with Gasteiger partial charge in [0, 0.05) is 12.3 Å². The molecule has 2 atom stereocenters. The number of ketones is 1. The molecule has 0 aliphatic heterocycles. The summed E-state index contributed by atoms with van der Waals surface area (Å²) >= 11 is 0. The lowest BCUT2D eigenvalue weighted by molar-refractivity contribution is -0.120. The Hall–Kier alpha value is -1.96. The average molecular weight is 238 g/mol. The molecule has 0 saturated carbocycles. The first kappa shape index (κ1) is 10.0. The summed E-state index contributed by atoms with van der Waals surface area (Å²) < 4.78 is 13.4. The zero-order valence-electron chi connectivity index (χ0n) is 9.69. The van der Waals surface area contributed by atoms with Gasteiger partial charge < -0.3 is 0 Å². The van der Waals surface area contributed by atoms with Crippen molar-refractivity contribution in [2.75, 3.05) is 0 Å². The minimum atomic E-state index is -0.216. The second-order valence-electron chi connectivity index (χ2n) is 5.06. The van der Waals surface area contributed by atoms with Gasteiger partial charge in [0.15, 0.2) is 0 Å². The minimum absolute atomic E-state index is 0.0457. The fourth-order valence-corrected chi connectivity index (χ4v) is 3.42. The maximum atomic E-state index is 13.4. The van der Waals surface area contributed by atoms with E-state index in [-0.39, 0.29) is 23.4 Å². The van der Waals surface area contributed by atoms with E-state index >= 15 is 0 Å². The number of halogens is 1. The Morgan fingerprint density at radius 1 is 0.944 bits per heavy atom. The maximum absolute atomic E-state index is 13.4. The molecule has 0 fully saturated rings. The third-order valence-electron chi connectivity index (χ3n) is 4.14. The van der Waals surface area contributed by atoms with E-state index in [4.69, 9.17) is 0 Å². The van der Waals surface area contributed by atoms with E-state index in [1.165, 1.54) is 11.6 Å². The Morgan fingerprint density at radius 2 is 1.67 bits per heavy atom. The van der Waals surface area contributed by atoms with Crippen LogP contribution in [0.5, 0.6) is 0 Å². The third kappa shape index (κ3) is 1.13. The van der Waals surface area contributed by atoms with Crippen LogP contribution in [-0.2, 0) is 4.79 Å². The normalized spacial score (nSPS) is 23.7. The summed E-state index contributed by atoms with van der Waals surface area (Å²) in [5, 5.41) is 0. The molecule has 2 bridgehead atoms. The van der Waals surface area contributed by atoms with Crippen molar-refractivity contribution in [3.63, 3.8) is 0 Å². The van der Waals surface area contributed by atoms with Crippen molar-refractivity contribution in [2.45, 2.75) is 18.3 Å². The highest BCUT2D eigenvalue weighted by Gasteiger charge is 2.42. The second-order valence-corrected chi connectivity index (χ2v) is 5.06. The molecule has 1 nitrogen and oxygen atoms in total. The minimum Gasteiger partial charge on any atom is -0.299 e. The van der Waals surface area contributed by atoms with Gasteiger partial charge in [-0.2, -0.15) is 0 Å². The van der Waals surface area contributed by atoms with Crippen LogP contribution >= 0.6 is 0 Å². The lowest BCUT2D eigenvalue weighted by atomic mass is 9.63. The molecule has 0 radical (unpaired) electrons. The van der Waals surface area contributed by atoms with Gasteiger partial charge in [0.25, 0.3) is 0 Å². The summed E-state index contributed by atoms with van der Waals surface area (Å²) in [6, 6.07) is 12.9. The molecule has 2 aromatic carbocycles. The van der Waals surface area contributed by atoms with E-state index in [2.05, 4.69) is 6.07 Å². The van der Waals surface area contributed by atoms with Gasteiger partial charge in [-0.1, -0.05) is 30.3 Å². The van der Waals surface area contributed by atoms with Gasteiger partial charge in [-0.05, 0) is 34.4 Å². The van der Waals surface area contributed by atoms with E-state index in [0.29, 0.717) is 6.42 Å². The highest BCUT2D eigenvalue weighted by Crippen LogP contribution is 2.50. The molecule has 2 aromatic rings. The summed E-state index contributed by atoms with van der Waals surface area (Å²) in [7, 11) is 0. The molecule has 88 valence electrons. The fourth-order valence-electron chi connectivity index (χ4n) is 3.42. The molecule has 3 aliphatic carbocycles. The van der Waals surface area contributed by atoms with Crippen LogP contribution in [0, 0.1) is 5.82 Å². The molecule has 0 amide bonds. The van der Waals surface area contributed by atoms with Gasteiger partial charge in [0.2, 0.25) is 0 Å². The Labute approximate surface area is 104 Å². The molecule has 0 heterocycles. The van der Waals surface area contributed by atoms with Crippen LogP contribution in [0.15, 0.2) is 42.5 Å². The van der Waals surface area contributed by atoms with Crippen LogP contribution < -0.4 is 0 Å². The Kier molecular flexibility index (Phi) is 1.83. The zero-order valence-corrected chi connectivity index (χ0v) is 9.69. The van der Waals surface area contributed by atoms with Crippen molar-refractivity contribution >= 4 is 5.78 Å². The molecule has 3 aliphatic rings. The van der Waals surface area contributed by atoms with Gasteiger partial charge in [-0.15, -0.1) is 0 Å². The average Bonchev–Trinajstić information content (AvgIpc) is 2.39. The molecule has 0 saturated heterocycles. The Morgan fingerprint density at radius 3 is 2.50 bits per heavy atom. The molecule has 2 heteroatoms. The van der Waals surface area contributed by atoms with Gasteiger partial charge in [0.05, 0.1) is 5.92 Å². The summed E-state index contributed by atoms with van der Waals surface area (Å²) in [6.07, 6.45) is 0.512. The SMILES string of the molecule is O=C1CC2c3ccccc3C1c1ccc(F)cc12. The van der Waals surface area contributed by atoms with Crippen LogP contribution in [0.2, 0.25) is 0 Å². The number of carbonyl (C=O) groups excluding carboxylic acids is 1. The lowest BCUT2D eigenvalue weighted by Gasteiger charge is -2.39. The number of rotatable bonds is 0. The van der Waals surface area contributed by atoms with E-state index < -0.39 is 0 Å². The predicted octanol–water partition coefficient (Wildman–Crippen LogP) is 3.38. The smallest absolute Gasteiger partial charge is 0.145 e. The quantitative estimate of drug-likeness (QED) is 0.687. The first-order valence-corrected chi connectivity index (χ1v) is 6.16. The van der Waals surface area contributed by atoms with E-state index in [9.17, 15) is 9.18 Å². The van der Waals surface area contributed by atoms with Crippen LogP contribution in [0.1, 0.15) is 40.5 Å².